The third-order valence-corrected chi connectivity index (χ3v) is 4.33. The van der Waals surface area contributed by atoms with Gasteiger partial charge in [0, 0.05) is 45.0 Å². The van der Waals surface area contributed by atoms with Crippen molar-refractivity contribution in [2.45, 2.75) is 19.5 Å². The van der Waals surface area contributed by atoms with Crippen LogP contribution < -0.4 is 4.90 Å². The largest absolute Gasteiger partial charge is 0.433 e. The average molecular weight is 330 g/mol. The highest BCUT2D eigenvalue weighted by molar-refractivity contribution is 5.33. The Morgan fingerprint density at radius 1 is 1.22 bits per heavy atom. The maximum atomic E-state index is 12.9. The molecule has 3 rings (SSSR count). The Morgan fingerprint density at radius 2 is 1.96 bits per heavy atom. The van der Waals surface area contributed by atoms with E-state index in [0.717, 1.165) is 45.3 Å². The van der Waals surface area contributed by atoms with Crippen molar-refractivity contribution in [3.05, 3.63) is 17.5 Å². The second kappa shape index (κ2) is 6.60. The molecular weight excluding hydrogens is 309 g/mol. The minimum Gasteiger partial charge on any atom is -0.381 e. The number of hydrogen-bond donors (Lipinski definition) is 0. The second-order valence-electron chi connectivity index (χ2n) is 6.21. The van der Waals surface area contributed by atoms with E-state index in [4.69, 9.17) is 4.74 Å². The first-order valence-corrected chi connectivity index (χ1v) is 7.90. The Kier molecular flexibility index (Phi) is 4.72. The summed E-state index contributed by atoms with van der Waals surface area (Å²) in [6.07, 6.45) is -3.34. The van der Waals surface area contributed by atoms with E-state index in [1.165, 1.54) is 0 Å². The molecule has 0 radical (unpaired) electrons. The van der Waals surface area contributed by atoms with E-state index in [0.29, 0.717) is 24.7 Å². The SMILES string of the molecule is Cc1cc(C(F)(F)F)nc(N2CCN(CC3CCOC3)CC2)n1. The number of aromatic nitrogens is 2. The maximum absolute atomic E-state index is 12.9. The molecule has 5 nitrogen and oxygen atoms in total. The van der Waals surface area contributed by atoms with E-state index >= 15 is 0 Å². The molecule has 0 spiro atoms. The topological polar surface area (TPSA) is 41.5 Å². The number of halogens is 3. The molecule has 8 heteroatoms. The Labute approximate surface area is 133 Å². The smallest absolute Gasteiger partial charge is 0.381 e. The molecule has 0 N–H and O–H groups in total. The van der Waals surface area contributed by atoms with Crippen molar-refractivity contribution in [1.82, 2.24) is 14.9 Å². The zero-order valence-corrected chi connectivity index (χ0v) is 13.1. The number of aryl methyl sites for hydroxylation is 1. The van der Waals surface area contributed by atoms with Gasteiger partial charge in [0.15, 0.2) is 0 Å². The summed E-state index contributed by atoms with van der Waals surface area (Å²) in [7, 11) is 0. The summed E-state index contributed by atoms with van der Waals surface area (Å²) >= 11 is 0. The van der Waals surface area contributed by atoms with Crippen LogP contribution in [0, 0.1) is 12.8 Å². The fourth-order valence-corrected chi connectivity index (χ4v) is 3.06. The zero-order valence-electron chi connectivity index (χ0n) is 13.1. The minimum atomic E-state index is -4.44. The summed E-state index contributed by atoms with van der Waals surface area (Å²) in [5.41, 5.74) is -0.529. The molecule has 0 aromatic carbocycles. The molecule has 2 fully saturated rings. The average Bonchev–Trinajstić information content (AvgIpc) is 2.99. The monoisotopic (exact) mass is 330 g/mol. The van der Waals surface area contributed by atoms with E-state index in [1.54, 1.807) is 6.92 Å². The fourth-order valence-electron chi connectivity index (χ4n) is 3.06. The summed E-state index contributed by atoms with van der Waals surface area (Å²) in [6.45, 7) is 7.14. The Bertz CT molecular complexity index is 538. The number of anilines is 1. The first-order valence-electron chi connectivity index (χ1n) is 7.90. The molecular formula is C15H21F3N4O. The molecule has 1 aromatic rings. The lowest BCUT2D eigenvalue weighted by atomic mass is 10.1. The van der Waals surface area contributed by atoms with Crippen molar-refractivity contribution in [2.24, 2.45) is 5.92 Å². The molecule has 1 unspecified atom stereocenters. The van der Waals surface area contributed by atoms with E-state index in [9.17, 15) is 13.2 Å². The highest BCUT2D eigenvalue weighted by Crippen LogP contribution is 2.29. The lowest BCUT2D eigenvalue weighted by Gasteiger charge is -2.35. The molecule has 0 aliphatic carbocycles. The van der Waals surface area contributed by atoms with Crippen molar-refractivity contribution in [1.29, 1.82) is 0 Å². The van der Waals surface area contributed by atoms with Crippen molar-refractivity contribution in [3.63, 3.8) is 0 Å². The van der Waals surface area contributed by atoms with Crippen molar-refractivity contribution >= 4 is 5.95 Å². The van der Waals surface area contributed by atoms with Crippen LogP contribution in [-0.4, -0.2) is 60.8 Å². The Hall–Kier alpha value is -1.41. The molecule has 2 aliphatic rings. The summed E-state index contributed by atoms with van der Waals surface area (Å²) in [5.74, 6) is 0.759. The summed E-state index contributed by atoms with van der Waals surface area (Å²) < 4.78 is 44.0. The first-order chi connectivity index (χ1) is 10.9. The maximum Gasteiger partial charge on any atom is 0.433 e. The quantitative estimate of drug-likeness (QED) is 0.847. The van der Waals surface area contributed by atoms with E-state index in [-0.39, 0.29) is 5.95 Å². The third-order valence-electron chi connectivity index (χ3n) is 4.33. The van der Waals surface area contributed by atoms with Crippen LogP contribution in [0.25, 0.3) is 0 Å². The first kappa shape index (κ1) is 16.4. The van der Waals surface area contributed by atoms with Gasteiger partial charge < -0.3 is 9.64 Å². The van der Waals surface area contributed by atoms with Gasteiger partial charge in [-0.1, -0.05) is 0 Å². The molecule has 0 bridgehead atoms. The molecule has 1 aromatic heterocycles. The second-order valence-corrected chi connectivity index (χ2v) is 6.21. The van der Waals surface area contributed by atoms with E-state index in [2.05, 4.69) is 14.9 Å². The van der Waals surface area contributed by atoms with Crippen molar-refractivity contribution in [3.8, 4) is 0 Å². The predicted octanol–water partition coefficient (Wildman–Crippen LogP) is 1.96. The molecule has 0 amide bonds. The lowest BCUT2D eigenvalue weighted by molar-refractivity contribution is -0.141. The Balaban J connectivity index is 1.62. The van der Waals surface area contributed by atoms with Gasteiger partial charge in [-0.05, 0) is 25.3 Å². The number of ether oxygens (including phenoxy) is 1. The fraction of sp³-hybridized carbons (Fsp3) is 0.733. The zero-order chi connectivity index (χ0) is 16.4. The third kappa shape index (κ3) is 4.11. The van der Waals surface area contributed by atoms with Gasteiger partial charge in [-0.2, -0.15) is 13.2 Å². The summed E-state index contributed by atoms with van der Waals surface area (Å²) in [5, 5.41) is 0. The van der Waals surface area contributed by atoms with Gasteiger partial charge in [0.25, 0.3) is 0 Å². The normalized spacial score (nSPS) is 23.5. The molecule has 2 saturated heterocycles. The van der Waals surface area contributed by atoms with Crippen LogP contribution in [0.4, 0.5) is 19.1 Å². The summed E-state index contributed by atoms with van der Waals surface area (Å²) in [6, 6.07) is 0.986. The molecule has 1 atom stereocenters. The standard InChI is InChI=1S/C15H21F3N4O/c1-11-8-13(15(16,17)18)20-14(19-11)22-5-3-21(4-6-22)9-12-2-7-23-10-12/h8,12H,2-7,9-10H2,1H3. The summed E-state index contributed by atoms with van der Waals surface area (Å²) in [4.78, 5) is 12.1. The van der Waals surface area contributed by atoms with Gasteiger partial charge in [0.1, 0.15) is 5.69 Å². The highest BCUT2D eigenvalue weighted by Gasteiger charge is 2.34. The molecule has 23 heavy (non-hydrogen) atoms. The van der Waals surface area contributed by atoms with Gasteiger partial charge in [0.05, 0.1) is 6.61 Å². The van der Waals surface area contributed by atoms with Crippen molar-refractivity contribution < 1.29 is 17.9 Å². The molecule has 2 aliphatic heterocycles. The van der Waals surface area contributed by atoms with Crippen LogP contribution in [0.15, 0.2) is 6.07 Å². The molecule has 3 heterocycles. The van der Waals surface area contributed by atoms with Crippen molar-refractivity contribution in [2.75, 3.05) is 50.8 Å². The van der Waals surface area contributed by atoms with Crippen LogP contribution in [-0.2, 0) is 10.9 Å². The van der Waals surface area contributed by atoms with Crippen LogP contribution in [0.2, 0.25) is 0 Å². The number of piperazine rings is 1. The number of rotatable bonds is 3. The predicted molar refractivity (Wildman–Crippen MR) is 79.4 cm³/mol. The van der Waals surface area contributed by atoms with Gasteiger partial charge in [-0.25, -0.2) is 9.97 Å². The molecule has 0 saturated carbocycles. The van der Waals surface area contributed by atoms with Crippen LogP contribution in [0.3, 0.4) is 0 Å². The van der Waals surface area contributed by atoms with Gasteiger partial charge in [0.2, 0.25) is 5.95 Å². The van der Waals surface area contributed by atoms with Gasteiger partial charge in [-0.3, -0.25) is 4.90 Å². The van der Waals surface area contributed by atoms with Crippen LogP contribution in [0.5, 0.6) is 0 Å². The van der Waals surface area contributed by atoms with E-state index < -0.39 is 11.9 Å². The molecule has 128 valence electrons. The van der Waals surface area contributed by atoms with Crippen LogP contribution >= 0.6 is 0 Å². The number of nitrogens with zero attached hydrogens (tertiary/aromatic N) is 4. The lowest BCUT2D eigenvalue weighted by Crippen LogP contribution is -2.48. The van der Waals surface area contributed by atoms with Crippen LogP contribution in [0.1, 0.15) is 17.8 Å². The number of alkyl halides is 3. The number of hydrogen-bond acceptors (Lipinski definition) is 5. The van der Waals surface area contributed by atoms with E-state index in [1.807, 2.05) is 4.90 Å². The van der Waals surface area contributed by atoms with Gasteiger partial charge >= 0.3 is 6.18 Å². The Morgan fingerprint density at radius 3 is 2.57 bits per heavy atom. The highest BCUT2D eigenvalue weighted by atomic mass is 19.4. The minimum absolute atomic E-state index is 0.182. The van der Waals surface area contributed by atoms with Gasteiger partial charge in [-0.15, -0.1) is 0 Å².